The van der Waals surface area contributed by atoms with E-state index < -0.39 is 0 Å². The van der Waals surface area contributed by atoms with Crippen LogP contribution in [0, 0.1) is 5.92 Å². The molecule has 0 atom stereocenters. The molecule has 0 spiro atoms. The third kappa shape index (κ3) is 3.80. The van der Waals surface area contributed by atoms with E-state index in [1.54, 1.807) is 13.0 Å². The predicted octanol–water partition coefficient (Wildman–Crippen LogP) is 2.71. The molecular formula is C15H18ClNO2. The zero-order valence-electron chi connectivity index (χ0n) is 11.1. The van der Waals surface area contributed by atoms with E-state index in [2.05, 4.69) is 0 Å². The fraction of sp³-hybridized carbons (Fsp3) is 0.467. The smallest absolute Gasteiger partial charge is 0.226 e. The Morgan fingerprint density at radius 1 is 1.32 bits per heavy atom. The molecule has 1 aromatic carbocycles. The molecule has 1 aliphatic rings. The van der Waals surface area contributed by atoms with Crippen LogP contribution in [0.2, 0.25) is 5.02 Å². The van der Waals surface area contributed by atoms with Gasteiger partial charge in [0.05, 0.1) is 6.42 Å². The van der Waals surface area contributed by atoms with Gasteiger partial charge in [0.1, 0.15) is 5.78 Å². The van der Waals surface area contributed by atoms with E-state index in [0.717, 1.165) is 18.4 Å². The van der Waals surface area contributed by atoms with Crippen LogP contribution in [0.15, 0.2) is 24.3 Å². The van der Waals surface area contributed by atoms with Gasteiger partial charge in [0.25, 0.3) is 0 Å². The summed E-state index contributed by atoms with van der Waals surface area (Å²) in [6, 6.07) is 7.38. The number of carbonyl (C=O) groups excluding carboxylic acids is 2. The second-order valence-electron chi connectivity index (χ2n) is 5.07. The first-order valence-corrected chi connectivity index (χ1v) is 6.96. The Morgan fingerprint density at radius 2 is 2.00 bits per heavy atom. The number of likely N-dealkylation sites (tertiary alicyclic amines) is 1. The summed E-state index contributed by atoms with van der Waals surface area (Å²) in [4.78, 5) is 25.3. The molecule has 0 N–H and O–H groups in total. The molecule has 1 saturated heterocycles. The van der Waals surface area contributed by atoms with Crippen molar-refractivity contribution in [3.8, 4) is 0 Å². The fourth-order valence-corrected chi connectivity index (χ4v) is 2.68. The van der Waals surface area contributed by atoms with E-state index in [1.807, 2.05) is 23.1 Å². The summed E-state index contributed by atoms with van der Waals surface area (Å²) in [6.45, 7) is 3.00. The highest BCUT2D eigenvalue weighted by Gasteiger charge is 2.25. The number of Topliss-reactive ketones (excluding diaryl/α,β-unsaturated/α-hetero) is 1. The van der Waals surface area contributed by atoms with Crippen molar-refractivity contribution in [3.05, 3.63) is 34.9 Å². The lowest BCUT2D eigenvalue weighted by Gasteiger charge is -2.31. The van der Waals surface area contributed by atoms with Crippen molar-refractivity contribution in [2.75, 3.05) is 13.1 Å². The normalized spacial score (nSPS) is 16.4. The van der Waals surface area contributed by atoms with Gasteiger partial charge in [-0.05, 0) is 37.5 Å². The summed E-state index contributed by atoms with van der Waals surface area (Å²) in [5.41, 5.74) is 0.936. The van der Waals surface area contributed by atoms with Crippen molar-refractivity contribution in [2.45, 2.75) is 26.2 Å². The molecule has 102 valence electrons. The minimum atomic E-state index is 0.115. The average molecular weight is 280 g/mol. The summed E-state index contributed by atoms with van der Waals surface area (Å²) in [5.74, 6) is 0.487. The van der Waals surface area contributed by atoms with Crippen LogP contribution in [0.25, 0.3) is 0 Å². The van der Waals surface area contributed by atoms with E-state index in [4.69, 9.17) is 11.6 Å². The summed E-state index contributed by atoms with van der Waals surface area (Å²) >= 11 is 5.91. The van der Waals surface area contributed by atoms with E-state index in [1.165, 1.54) is 0 Å². The standard InChI is InChI=1S/C15H18ClNO2/c1-11(18)13-5-7-17(8-6-13)15(19)10-12-3-2-4-14(16)9-12/h2-4,9,13H,5-8,10H2,1H3. The first-order chi connectivity index (χ1) is 9.06. The second kappa shape index (κ2) is 6.20. The van der Waals surface area contributed by atoms with Crippen LogP contribution in [0.5, 0.6) is 0 Å². The van der Waals surface area contributed by atoms with Gasteiger partial charge >= 0.3 is 0 Å². The molecule has 19 heavy (non-hydrogen) atoms. The topological polar surface area (TPSA) is 37.4 Å². The van der Waals surface area contributed by atoms with Crippen LogP contribution in [0.3, 0.4) is 0 Å². The van der Waals surface area contributed by atoms with E-state index in [9.17, 15) is 9.59 Å². The Bertz CT molecular complexity index is 479. The Morgan fingerprint density at radius 3 is 2.58 bits per heavy atom. The molecule has 0 saturated carbocycles. The molecule has 0 aromatic heterocycles. The molecule has 1 fully saturated rings. The van der Waals surface area contributed by atoms with Crippen LogP contribution < -0.4 is 0 Å². The van der Waals surface area contributed by atoms with Crippen LogP contribution >= 0.6 is 11.6 Å². The Kier molecular flexibility index (Phi) is 4.59. The summed E-state index contributed by atoms with van der Waals surface area (Å²) < 4.78 is 0. The lowest BCUT2D eigenvalue weighted by atomic mass is 9.93. The predicted molar refractivity (Wildman–Crippen MR) is 75.1 cm³/mol. The first-order valence-electron chi connectivity index (χ1n) is 6.59. The monoisotopic (exact) mass is 279 g/mol. The number of rotatable bonds is 3. The summed E-state index contributed by atoms with van der Waals surface area (Å²) in [5, 5.41) is 0.653. The molecule has 3 nitrogen and oxygen atoms in total. The van der Waals surface area contributed by atoms with Gasteiger partial charge in [0, 0.05) is 24.0 Å². The number of ketones is 1. The van der Waals surface area contributed by atoms with Crippen molar-refractivity contribution in [1.29, 1.82) is 0 Å². The van der Waals surface area contributed by atoms with Gasteiger partial charge in [-0.15, -0.1) is 0 Å². The lowest BCUT2D eigenvalue weighted by molar-refractivity contribution is -0.134. The molecule has 2 rings (SSSR count). The van der Waals surface area contributed by atoms with Crippen LogP contribution in [-0.4, -0.2) is 29.7 Å². The van der Waals surface area contributed by atoms with Gasteiger partial charge < -0.3 is 4.90 Å². The molecule has 0 aliphatic carbocycles. The van der Waals surface area contributed by atoms with Gasteiger partial charge in [-0.1, -0.05) is 23.7 Å². The van der Waals surface area contributed by atoms with Gasteiger partial charge in [-0.2, -0.15) is 0 Å². The van der Waals surface area contributed by atoms with Gasteiger partial charge in [-0.3, -0.25) is 9.59 Å². The van der Waals surface area contributed by atoms with Crippen molar-refractivity contribution in [3.63, 3.8) is 0 Å². The van der Waals surface area contributed by atoms with Gasteiger partial charge in [0.2, 0.25) is 5.91 Å². The fourth-order valence-electron chi connectivity index (χ4n) is 2.47. The Balaban J connectivity index is 1.90. The highest BCUT2D eigenvalue weighted by Crippen LogP contribution is 2.19. The van der Waals surface area contributed by atoms with Crippen LogP contribution in [0.1, 0.15) is 25.3 Å². The van der Waals surface area contributed by atoms with Crippen molar-refractivity contribution in [2.24, 2.45) is 5.92 Å². The van der Waals surface area contributed by atoms with Crippen molar-refractivity contribution >= 4 is 23.3 Å². The lowest BCUT2D eigenvalue weighted by Crippen LogP contribution is -2.40. The molecular weight excluding hydrogens is 262 g/mol. The zero-order chi connectivity index (χ0) is 13.8. The minimum absolute atomic E-state index is 0.115. The van der Waals surface area contributed by atoms with E-state index in [-0.39, 0.29) is 17.6 Å². The number of hydrogen-bond donors (Lipinski definition) is 0. The number of piperidine rings is 1. The van der Waals surface area contributed by atoms with Crippen molar-refractivity contribution < 1.29 is 9.59 Å². The summed E-state index contributed by atoms with van der Waals surface area (Å²) in [7, 11) is 0. The number of halogens is 1. The van der Waals surface area contributed by atoms with Gasteiger partial charge in [-0.25, -0.2) is 0 Å². The van der Waals surface area contributed by atoms with Crippen molar-refractivity contribution in [1.82, 2.24) is 4.90 Å². The maximum atomic E-state index is 12.2. The zero-order valence-corrected chi connectivity index (χ0v) is 11.8. The number of nitrogens with zero attached hydrogens (tertiary/aromatic N) is 1. The SMILES string of the molecule is CC(=O)C1CCN(C(=O)Cc2cccc(Cl)c2)CC1. The maximum Gasteiger partial charge on any atom is 0.226 e. The number of amides is 1. The highest BCUT2D eigenvalue weighted by molar-refractivity contribution is 6.30. The van der Waals surface area contributed by atoms with E-state index in [0.29, 0.717) is 24.5 Å². The van der Waals surface area contributed by atoms with Gasteiger partial charge in [0.15, 0.2) is 0 Å². The highest BCUT2D eigenvalue weighted by atomic mass is 35.5. The second-order valence-corrected chi connectivity index (χ2v) is 5.51. The van der Waals surface area contributed by atoms with E-state index >= 15 is 0 Å². The average Bonchev–Trinajstić information content (AvgIpc) is 2.39. The molecule has 1 aromatic rings. The molecule has 1 amide bonds. The molecule has 0 bridgehead atoms. The summed E-state index contributed by atoms with van der Waals surface area (Å²) in [6.07, 6.45) is 1.96. The Labute approximate surface area is 118 Å². The number of hydrogen-bond acceptors (Lipinski definition) is 2. The molecule has 1 aliphatic heterocycles. The van der Waals surface area contributed by atoms with Crippen LogP contribution in [0.4, 0.5) is 0 Å². The molecule has 0 radical (unpaired) electrons. The molecule has 4 heteroatoms. The number of benzene rings is 1. The third-order valence-corrected chi connectivity index (χ3v) is 3.90. The quantitative estimate of drug-likeness (QED) is 0.853. The molecule has 0 unspecified atom stereocenters. The Hall–Kier alpha value is -1.35. The largest absolute Gasteiger partial charge is 0.342 e. The first kappa shape index (κ1) is 14.1. The van der Waals surface area contributed by atoms with Crippen LogP contribution in [-0.2, 0) is 16.0 Å². The third-order valence-electron chi connectivity index (χ3n) is 3.67. The molecule has 1 heterocycles. The minimum Gasteiger partial charge on any atom is -0.342 e. The maximum absolute atomic E-state index is 12.2. The number of carbonyl (C=O) groups is 2.